The van der Waals surface area contributed by atoms with Crippen LogP contribution in [0.15, 0.2) is 36.9 Å². The number of amides is 1. The van der Waals surface area contributed by atoms with Crippen LogP contribution in [0.3, 0.4) is 0 Å². The number of nitrogens with one attached hydrogen (secondary N) is 1. The molecule has 0 saturated carbocycles. The summed E-state index contributed by atoms with van der Waals surface area (Å²) in [6, 6.07) is 6.28. The van der Waals surface area contributed by atoms with Gasteiger partial charge in [0.2, 0.25) is 0 Å². The number of benzene rings is 1. The molecule has 26 heavy (non-hydrogen) atoms. The van der Waals surface area contributed by atoms with Crippen LogP contribution in [-0.4, -0.2) is 54.9 Å². The first kappa shape index (κ1) is 21.2. The van der Waals surface area contributed by atoms with Crippen LogP contribution in [0.1, 0.15) is 24.2 Å². The van der Waals surface area contributed by atoms with Crippen molar-refractivity contribution in [1.29, 1.82) is 0 Å². The third-order valence-electron chi connectivity index (χ3n) is 3.04. The van der Waals surface area contributed by atoms with Gasteiger partial charge in [-0.1, -0.05) is 6.58 Å². The molecule has 1 amide bonds. The van der Waals surface area contributed by atoms with Crippen LogP contribution >= 0.6 is 0 Å². The molecule has 8 heteroatoms. The van der Waals surface area contributed by atoms with E-state index in [1.807, 2.05) is 0 Å². The molecule has 2 N–H and O–H groups in total. The van der Waals surface area contributed by atoms with E-state index in [0.717, 1.165) is 6.08 Å². The number of rotatable bonds is 10. The van der Waals surface area contributed by atoms with Crippen LogP contribution in [-0.2, 0) is 14.3 Å². The maximum absolute atomic E-state index is 11.9. The van der Waals surface area contributed by atoms with Crippen molar-refractivity contribution in [2.45, 2.75) is 19.4 Å². The summed E-state index contributed by atoms with van der Waals surface area (Å²) in [6.07, 6.45) is 0.373. The fourth-order valence-corrected chi connectivity index (χ4v) is 1.76. The number of esters is 1. The molecule has 0 aliphatic rings. The number of ketones is 1. The number of hydrogen-bond acceptors (Lipinski definition) is 7. The lowest BCUT2D eigenvalue weighted by Gasteiger charge is -2.15. The zero-order valence-electron chi connectivity index (χ0n) is 14.8. The molecule has 0 radical (unpaired) electrons. The quantitative estimate of drug-likeness (QED) is 0.279. The SMILES string of the molecule is C=CC(=O)OCCNC(=O)OCCOc1ccc(C(=O)C(C)(C)O)cc1. The van der Waals surface area contributed by atoms with Gasteiger partial charge in [-0.25, -0.2) is 9.59 Å². The average molecular weight is 365 g/mol. The molecule has 0 fully saturated rings. The zero-order valence-corrected chi connectivity index (χ0v) is 14.8. The van der Waals surface area contributed by atoms with Gasteiger partial charge in [-0.3, -0.25) is 4.79 Å². The predicted molar refractivity (Wildman–Crippen MR) is 93.1 cm³/mol. The van der Waals surface area contributed by atoms with E-state index in [0.29, 0.717) is 11.3 Å². The van der Waals surface area contributed by atoms with Crippen molar-refractivity contribution in [2.75, 3.05) is 26.4 Å². The fraction of sp³-hybridized carbons (Fsp3) is 0.389. The third kappa shape index (κ3) is 7.80. The van der Waals surface area contributed by atoms with Gasteiger partial charge in [0, 0.05) is 11.6 Å². The van der Waals surface area contributed by atoms with Gasteiger partial charge < -0.3 is 24.6 Å². The van der Waals surface area contributed by atoms with Crippen LogP contribution in [0.4, 0.5) is 4.79 Å². The maximum atomic E-state index is 11.9. The second-order valence-electron chi connectivity index (χ2n) is 5.70. The van der Waals surface area contributed by atoms with Crippen LogP contribution in [0, 0.1) is 0 Å². The lowest BCUT2D eigenvalue weighted by Crippen LogP contribution is -2.31. The Morgan fingerprint density at radius 2 is 1.77 bits per heavy atom. The summed E-state index contributed by atoms with van der Waals surface area (Å²) in [4.78, 5) is 34.0. The van der Waals surface area contributed by atoms with E-state index in [4.69, 9.17) is 9.47 Å². The van der Waals surface area contributed by atoms with Gasteiger partial charge in [-0.15, -0.1) is 0 Å². The van der Waals surface area contributed by atoms with E-state index in [2.05, 4.69) is 16.6 Å². The molecule has 1 rings (SSSR count). The highest BCUT2D eigenvalue weighted by molar-refractivity contribution is 6.01. The minimum Gasteiger partial charge on any atom is -0.490 e. The molecule has 142 valence electrons. The van der Waals surface area contributed by atoms with E-state index in [1.54, 1.807) is 24.3 Å². The molecule has 8 nitrogen and oxygen atoms in total. The van der Waals surface area contributed by atoms with Crippen LogP contribution in [0.2, 0.25) is 0 Å². The molecule has 0 bridgehead atoms. The Kier molecular flexibility index (Phi) is 8.30. The summed E-state index contributed by atoms with van der Waals surface area (Å²) in [5, 5.41) is 12.1. The second kappa shape index (κ2) is 10.2. The summed E-state index contributed by atoms with van der Waals surface area (Å²) in [7, 11) is 0. The van der Waals surface area contributed by atoms with Gasteiger partial charge in [0.1, 0.15) is 31.2 Å². The summed E-state index contributed by atoms with van der Waals surface area (Å²) in [6.45, 7) is 6.37. The Morgan fingerprint density at radius 1 is 1.12 bits per heavy atom. The number of hydrogen-bond donors (Lipinski definition) is 2. The van der Waals surface area contributed by atoms with E-state index in [9.17, 15) is 19.5 Å². The summed E-state index contributed by atoms with van der Waals surface area (Å²) in [5.41, 5.74) is -1.06. The van der Waals surface area contributed by atoms with Gasteiger partial charge >= 0.3 is 12.1 Å². The Balaban J connectivity index is 2.23. The Labute approximate surface area is 151 Å². The number of alkyl carbamates (subject to hydrolysis) is 1. The molecule has 0 aromatic heterocycles. The topological polar surface area (TPSA) is 111 Å². The number of carbonyl (C=O) groups is 3. The monoisotopic (exact) mass is 365 g/mol. The van der Waals surface area contributed by atoms with E-state index < -0.39 is 17.7 Å². The molecular formula is C18H23NO7. The molecule has 1 aromatic carbocycles. The van der Waals surface area contributed by atoms with Crippen molar-refractivity contribution in [3.8, 4) is 5.75 Å². The van der Waals surface area contributed by atoms with Gasteiger partial charge in [0.05, 0.1) is 6.54 Å². The van der Waals surface area contributed by atoms with Crippen LogP contribution in [0.25, 0.3) is 0 Å². The molecule has 0 aliphatic heterocycles. The number of ether oxygens (including phenoxy) is 3. The average Bonchev–Trinajstić information content (AvgIpc) is 2.61. The lowest BCUT2D eigenvalue weighted by molar-refractivity contribution is -0.137. The molecule has 0 saturated heterocycles. The smallest absolute Gasteiger partial charge is 0.407 e. The number of aliphatic hydroxyl groups is 1. The Morgan fingerprint density at radius 3 is 2.35 bits per heavy atom. The van der Waals surface area contributed by atoms with Crippen molar-refractivity contribution in [3.63, 3.8) is 0 Å². The van der Waals surface area contributed by atoms with Gasteiger partial charge in [0.25, 0.3) is 0 Å². The third-order valence-corrected chi connectivity index (χ3v) is 3.04. The van der Waals surface area contributed by atoms with Gasteiger partial charge in [0.15, 0.2) is 5.78 Å². The maximum Gasteiger partial charge on any atom is 0.407 e. The highest BCUT2D eigenvalue weighted by Gasteiger charge is 2.24. The summed E-state index contributed by atoms with van der Waals surface area (Å²) >= 11 is 0. The minimum absolute atomic E-state index is 0.0165. The first-order valence-corrected chi connectivity index (χ1v) is 7.94. The van der Waals surface area contributed by atoms with E-state index in [-0.39, 0.29) is 32.1 Å². The largest absolute Gasteiger partial charge is 0.490 e. The normalized spacial score (nSPS) is 10.6. The molecule has 0 unspecified atom stereocenters. The standard InChI is InChI=1S/C18H23NO7/c1-4-15(20)25-10-9-19-17(22)26-12-11-24-14-7-5-13(6-8-14)16(21)18(2,3)23/h4-8,23H,1,9-12H2,2-3H3,(H,19,22). The van der Waals surface area contributed by atoms with Crippen molar-refractivity contribution in [3.05, 3.63) is 42.5 Å². The van der Waals surface area contributed by atoms with Crippen molar-refractivity contribution < 1.29 is 33.7 Å². The van der Waals surface area contributed by atoms with Crippen molar-refractivity contribution >= 4 is 17.8 Å². The van der Waals surface area contributed by atoms with Gasteiger partial charge in [-0.05, 0) is 38.1 Å². The first-order valence-electron chi connectivity index (χ1n) is 7.94. The zero-order chi connectivity index (χ0) is 19.6. The molecule has 1 aromatic rings. The molecular weight excluding hydrogens is 342 g/mol. The minimum atomic E-state index is -1.44. The van der Waals surface area contributed by atoms with Crippen LogP contribution in [0.5, 0.6) is 5.75 Å². The number of Topliss-reactive ketones (excluding diaryl/α,β-unsaturated/α-hetero) is 1. The van der Waals surface area contributed by atoms with E-state index in [1.165, 1.54) is 13.8 Å². The Bertz CT molecular complexity index is 632. The summed E-state index contributed by atoms with van der Waals surface area (Å²) in [5.74, 6) is -0.454. The lowest BCUT2D eigenvalue weighted by atomic mass is 9.97. The fourth-order valence-electron chi connectivity index (χ4n) is 1.76. The molecule has 0 atom stereocenters. The Hall–Kier alpha value is -2.87. The predicted octanol–water partition coefficient (Wildman–Crippen LogP) is 1.47. The second-order valence-corrected chi connectivity index (χ2v) is 5.70. The summed E-state index contributed by atoms with van der Waals surface area (Å²) < 4.78 is 15.0. The highest BCUT2D eigenvalue weighted by atomic mass is 16.6. The first-order chi connectivity index (χ1) is 12.2. The molecule has 0 heterocycles. The highest BCUT2D eigenvalue weighted by Crippen LogP contribution is 2.17. The van der Waals surface area contributed by atoms with Crippen molar-refractivity contribution in [1.82, 2.24) is 5.32 Å². The van der Waals surface area contributed by atoms with Crippen LogP contribution < -0.4 is 10.1 Å². The van der Waals surface area contributed by atoms with E-state index >= 15 is 0 Å². The number of carbonyl (C=O) groups excluding carboxylic acids is 3. The van der Waals surface area contributed by atoms with Gasteiger partial charge in [-0.2, -0.15) is 0 Å². The molecule has 0 aliphatic carbocycles. The van der Waals surface area contributed by atoms with Crippen molar-refractivity contribution in [2.24, 2.45) is 0 Å². The molecule has 0 spiro atoms.